The average Bonchev–Trinajstić information content (AvgIpc) is 3.14. The van der Waals surface area contributed by atoms with Crippen molar-refractivity contribution in [2.75, 3.05) is 25.7 Å². The van der Waals surface area contributed by atoms with Crippen molar-refractivity contribution in [3.05, 3.63) is 81.8 Å². The number of nitrogens with zero attached hydrogens (tertiary/aromatic N) is 3. The molecule has 144 valence electrons. The summed E-state index contributed by atoms with van der Waals surface area (Å²) in [4.78, 5) is 15.1. The van der Waals surface area contributed by atoms with Crippen LogP contribution in [0.4, 0.5) is 5.69 Å². The van der Waals surface area contributed by atoms with Gasteiger partial charge in [0.1, 0.15) is 11.5 Å². The second-order valence-corrected chi connectivity index (χ2v) is 6.84. The Morgan fingerprint density at radius 2 is 1.46 bits per heavy atom. The van der Waals surface area contributed by atoms with Crippen LogP contribution in [0.25, 0.3) is 0 Å². The zero-order chi connectivity index (χ0) is 19.5. The second kappa shape index (κ2) is 7.76. The van der Waals surface area contributed by atoms with Crippen LogP contribution in [0.15, 0.2) is 59.5 Å². The number of aromatic nitrogens is 2. The van der Waals surface area contributed by atoms with Crippen LogP contribution in [0.3, 0.4) is 0 Å². The van der Waals surface area contributed by atoms with Crippen LogP contribution in [-0.2, 0) is 19.5 Å². The summed E-state index contributed by atoms with van der Waals surface area (Å²) in [5.41, 5.74) is 3.97. The lowest BCUT2D eigenvalue weighted by molar-refractivity contribution is 0.414. The molecule has 1 aliphatic rings. The Labute approximate surface area is 163 Å². The molecule has 3 aromatic rings. The third-order valence-corrected chi connectivity index (χ3v) is 5.12. The van der Waals surface area contributed by atoms with Gasteiger partial charge in [-0.3, -0.25) is 4.79 Å². The molecule has 0 atom stereocenters. The highest BCUT2D eigenvalue weighted by molar-refractivity contribution is 5.55. The van der Waals surface area contributed by atoms with E-state index < -0.39 is 0 Å². The van der Waals surface area contributed by atoms with Gasteiger partial charge in [0.25, 0.3) is 5.56 Å². The van der Waals surface area contributed by atoms with Crippen molar-refractivity contribution in [3.63, 3.8) is 0 Å². The molecule has 0 unspecified atom stereocenters. The summed E-state index contributed by atoms with van der Waals surface area (Å²) in [6.07, 6.45) is 2.56. The molecule has 0 radical (unpaired) electrons. The van der Waals surface area contributed by atoms with E-state index in [1.165, 1.54) is 10.2 Å². The maximum Gasteiger partial charge on any atom is 0.272 e. The van der Waals surface area contributed by atoms with Gasteiger partial charge in [0.2, 0.25) is 0 Å². The molecule has 0 N–H and O–H groups in total. The number of benzene rings is 2. The van der Waals surface area contributed by atoms with Crippen LogP contribution in [0.5, 0.6) is 11.5 Å². The summed E-state index contributed by atoms with van der Waals surface area (Å²) in [6, 6.07) is 15.7. The zero-order valence-corrected chi connectivity index (χ0v) is 16.1. The normalized spacial score (nSPS) is 12.7. The Hall–Kier alpha value is -3.28. The second-order valence-electron chi connectivity index (χ2n) is 6.84. The predicted molar refractivity (Wildman–Crippen MR) is 108 cm³/mol. The highest BCUT2D eigenvalue weighted by atomic mass is 16.5. The Morgan fingerprint density at radius 1 is 0.893 bits per heavy atom. The molecule has 28 heavy (non-hydrogen) atoms. The molecule has 0 spiro atoms. The largest absolute Gasteiger partial charge is 0.497 e. The lowest BCUT2D eigenvalue weighted by atomic mass is 10.2. The third kappa shape index (κ3) is 3.58. The number of fused-ring (bicyclic) bond motifs is 1. The summed E-state index contributed by atoms with van der Waals surface area (Å²) in [5.74, 6) is 1.64. The minimum absolute atomic E-state index is 0.00875. The number of rotatable bonds is 6. The van der Waals surface area contributed by atoms with Gasteiger partial charge >= 0.3 is 0 Å². The van der Waals surface area contributed by atoms with E-state index in [0.29, 0.717) is 6.54 Å². The van der Waals surface area contributed by atoms with Crippen molar-refractivity contribution in [3.8, 4) is 11.5 Å². The molecule has 6 nitrogen and oxygen atoms in total. The fourth-order valence-corrected chi connectivity index (χ4v) is 3.53. The molecule has 0 saturated heterocycles. The molecule has 0 aliphatic carbocycles. The minimum atomic E-state index is -0.00875. The van der Waals surface area contributed by atoms with Gasteiger partial charge in [-0.05, 0) is 41.8 Å². The van der Waals surface area contributed by atoms with Crippen LogP contribution in [0.2, 0.25) is 0 Å². The van der Waals surface area contributed by atoms with Crippen molar-refractivity contribution in [2.24, 2.45) is 0 Å². The lowest BCUT2D eigenvalue weighted by Gasteiger charge is -2.19. The highest BCUT2D eigenvalue weighted by Crippen LogP contribution is 2.26. The van der Waals surface area contributed by atoms with E-state index in [1.54, 1.807) is 14.2 Å². The van der Waals surface area contributed by atoms with Gasteiger partial charge in [-0.1, -0.05) is 24.3 Å². The van der Waals surface area contributed by atoms with Crippen molar-refractivity contribution in [1.29, 1.82) is 0 Å². The molecule has 0 amide bonds. The van der Waals surface area contributed by atoms with Gasteiger partial charge < -0.3 is 14.4 Å². The number of methoxy groups -OCH3 is 2. The lowest BCUT2D eigenvalue weighted by Crippen LogP contribution is -2.26. The summed E-state index contributed by atoms with van der Waals surface area (Å²) in [5, 5.41) is 4.42. The predicted octanol–water partition coefficient (Wildman–Crippen LogP) is 2.87. The van der Waals surface area contributed by atoms with Gasteiger partial charge in [0, 0.05) is 18.7 Å². The van der Waals surface area contributed by atoms with Crippen LogP contribution in [0, 0.1) is 0 Å². The van der Waals surface area contributed by atoms with E-state index in [9.17, 15) is 4.79 Å². The van der Waals surface area contributed by atoms with Crippen molar-refractivity contribution in [2.45, 2.75) is 19.5 Å². The maximum absolute atomic E-state index is 12.9. The molecule has 0 bridgehead atoms. The first kappa shape index (κ1) is 18.1. The number of hydrogen-bond acceptors (Lipinski definition) is 5. The Kier molecular flexibility index (Phi) is 5.02. The molecule has 4 rings (SSSR count). The molecular weight excluding hydrogens is 354 g/mol. The number of anilines is 1. The Balaban J connectivity index is 1.52. The van der Waals surface area contributed by atoms with Crippen LogP contribution < -0.4 is 19.9 Å². The Morgan fingerprint density at radius 3 is 2.04 bits per heavy atom. The first-order valence-electron chi connectivity index (χ1n) is 9.28. The molecule has 2 heterocycles. The van der Waals surface area contributed by atoms with Gasteiger partial charge in [0.05, 0.1) is 32.6 Å². The molecule has 0 saturated carbocycles. The Bertz CT molecular complexity index is 1010. The molecule has 1 aromatic heterocycles. The number of hydrogen-bond donors (Lipinski definition) is 0. The first-order chi connectivity index (χ1) is 13.7. The molecule has 2 aromatic carbocycles. The van der Waals surface area contributed by atoms with Gasteiger partial charge in [0.15, 0.2) is 0 Å². The topological polar surface area (TPSA) is 56.6 Å². The third-order valence-electron chi connectivity index (χ3n) is 5.12. The summed E-state index contributed by atoms with van der Waals surface area (Å²) >= 11 is 0. The van der Waals surface area contributed by atoms with E-state index >= 15 is 0 Å². The smallest absolute Gasteiger partial charge is 0.272 e. The van der Waals surface area contributed by atoms with E-state index in [1.807, 2.05) is 42.6 Å². The first-order valence-corrected chi connectivity index (χ1v) is 9.28. The van der Waals surface area contributed by atoms with Gasteiger partial charge in [-0.15, -0.1) is 0 Å². The van der Waals surface area contributed by atoms with E-state index in [2.05, 4.69) is 22.1 Å². The van der Waals surface area contributed by atoms with E-state index in [4.69, 9.17) is 9.47 Å². The zero-order valence-electron chi connectivity index (χ0n) is 16.1. The highest BCUT2D eigenvalue weighted by Gasteiger charge is 2.23. The summed E-state index contributed by atoms with van der Waals surface area (Å²) in [6.45, 7) is 2.03. The monoisotopic (exact) mass is 377 g/mol. The van der Waals surface area contributed by atoms with Gasteiger partial charge in [-0.2, -0.15) is 5.10 Å². The van der Waals surface area contributed by atoms with Crippen LogP contribution >= 0.6 is 0 Å². The number of ether oxygens (including phenoxy) is 2. The SMILES string of the molecule is COc1ccc(CN2CCc3c2cnn(Cc2ccc(OC)cc2)c3=O)cc1. The van der Waals surface area contributed by atoms with E-state index in [-0.39, 0.29) is 5.56 Å². The standard InChI is InChI=1S/C22H23N3O3/c1-27-18-7-3-16(4-8-18)14-24-12-11-20-21(24)13-23-25(22(20)26)15-17-5-9-19(28-2)10-6-17/h3-10,13H,11-12,14-15H2,1-2H3. The average molecular weight is 377 g/mol. The fourth-order valence-electron chi connectivity index (χ4n) is 3.53. The molecule has 0 fully saturated rings. The summed E-state index contributed by atoms with van der Waals surface area (Å²) < 4.78 is 11.9. The molecule has 6 heteroatoms. The minimum Gasteiger partial charge on any atom is -0.497 e. The molecule has 1 aliphatic heterocycles. The maximum atomic E-state index is 12.9. The molecular formula is C22H23N3O3. The van der Waals surface area contributed by atoms with Crippen LogP contribution in [0.1, 0.15) is 16.7 Å². The van der Waals surface area contributed by atoms with Crippen molar-refractivity contribution < 1.29 is 9.47 Å². The van der Waals surface area contributed by atoms with Crippen molar-refractivity contribution >= 4 is 5.69 Å². The summed E-state index contributed by atoms with van der Waals surface area (Å²) in [7, 11) is 3.30. The van der Waals surface area contributed by atoms with Crippen molar-refractivity contribution in [1.82, 2.24) is 9.78 Å². The van der Waals surface area contributed by atoms with Gasteiger partial charge in [-0.25, -0.2) is 4.68 Å². The quantitative estimate of drug-likeness (QED) is 0.661. The van der Waals surface area contributed by atoms with E-state index in [0.717, 1.165) is 47.8 Å². The fraction of sp³-hybridized carbons (Fsp3) is 0.273. The van der Waals surface area contributed by atoms with Crippen LogP contribution in [-0.4, -0.2) is 30.5 Å².